The Bertz CT molecular complexity index is 980. The summed E-state index contributed by atoms with van der Waals surface area (Å²) >= 11 is 1.09. The van der Waals surface area contributed by atoms with Crippen molar-refractivity contribution in [3.63, 3.8) is 0 Å². The topological polar surface area (TPSA) is 43.6 Å². The Morgan fingerprint density at radius 3 is 2.73 bits per heavy atom. The molecule has 0 radical (unpaired) electrons. The number of amides is 1. The number of halogens is 2. The van der Waals surface area contributed by atoms with Gasteiger partial charge in [0, 0.05) is 19.2 Å². The summed E-state index contributed by atoms with van der Waals surface area (Å²) in [5, 5.41) is 0. The fourth-order valence-corrected chi connectivity index (χ4v) is 3.75. The molecule has 0 aliphatic rings. The molecule has 0 aliphatic heterocycles. The number of rotatable bonds is 6. The van der Waals surface area contributed by atoms with Crippen LogP contribution in [-0.4, -0.2) is 23.7 Å². The fourth-order valence-electron chi connectivity index (χ4n) is 2.64. The van der Waals surface area contributed by atoms with Gasteiger partial charge in [0.15, 0.2) is 10.6 Å². The van der Waals surface area contributed by atoms with E-state index >= 15 is 0 Å². The molecular weight excluding hydrogens is 358 g/mol. The van der Waals surface area contributed by atoms with Crippen molar-refractivity contribution in [2.45, 2.75) is 19.9 Å². The quantitative estimate of drug-likeness (QED) is 0.616. The van der Waals surface area contributed by atoms with Crippen molar-refractivity contribution in [2.24, 2.45) is 4.99 Å². The lowest BCUT2D eigenvalue weighted by molar-refractivity contribution is -0.117. The van der Waals surface area contributed by atoms with Crippen molar-refractivity contribution in [1.29, 1.82) is 0 Å². The highest BCUT2D eigenvalue weighted by Gasteiger charge is 2.14. The second kappa shape index (κ2) is 8.33. The summed E-state index contributed by atoms with van der Waals surface area (Å²) in [6, 6.07) is 11.3. The normalized spacial score (nSPS) is 12.0. The lowest BCUT2D eigenvalue weighted by atomic mass is 10.1. The standard InChI is InChI=1S/C19H18F2N2O2S/c1-2-25-9-8-23-18-15(21)11-14(20)12-16(18)26-19(23)22-17(24)10-13-6-4-3-5-7-13/h3-7,11-12H,2,8-10H2,1H3. The van der Waals surface area contributed by atoms with Crippen molar-refractivity contribution in [2.75, 3.05) is 13.2 Å². The highest BCUT2D eigenvalue weighted by Crippen LogP contribution is 2.22. The maximum Gasteiger partial charge on any atom is 0.252 e. The molecule has 1 aromatic heterocycles. The van der Waals surface area contributed by atoms with Crippen molar-refractivity contribution >= 4 is 27.5 Å². The lowest BCUT2D eigenvalue weighted by Gasteiger charge is -2.06. The van der Waals surface area contributed by atoms with E-state index in [1.165, 1.54) is 6.07 Å². The Kier molecular flexibility index (Phi) is 5.90. The zero-order valence-electron chi connectivity index (χ0n) is 14.2. The van der Waals surface area contributed by atoms with Gasteiger partial charge in [-0.25, -0.2) is 8.78 Å². The Hall–Kier alpha value is -2.38. The van der Waals surface area contributed by atoms with Gasteiger partial charge in [-0.05, 0) is 18.6 Å². The molecular formula is C19H18F2N2O2S. The summed E-state index contributed by atoms with van der Waals surface area (Å²) in [5.74, 6) is -1.67. The van der Waals surface area contributed by atoms with Gasteiger partial charge in [-0.1, -0.05) is 41.7 Å². The van der Waals surface area contributed by atoms with Crippen LogP contribution in [0.2, 0.25) is 0 Å². The maximum absolute atomic E-state index is 14.3. The van der Waals surface area contributed by atoms with Crippen LogP contribution in [0.5, 0.6) is 0 Å². The van der Waals surface area contributed by atoms with Gasteiger partial charge >= 0.3 is 0 Å². The second-order valence-corrected chi connectivity index (χ2v) is 6.64. The first-order valence-corrected chi connectivity index (χ1v) is 9.07. The fraction of sp³-hybridized carbons (Fsp3) is 0.263. The second-order valence-electron chi connectivity index (χ2n) is 5.64. The number of ether oxygens (including phenoxy) is 1. The first-order valence-electron chi connectivity index (χ1n) is 8.26. The van der Waals surface area contributed by atoms with Gasteiger partial charge in [0.25, 0.3) is 5.91 Å². The van der Waals surface area contributed by atoms with Crippen LogP contribution in [-0.2, 0) is 22.5 Å². The molecule has 0 spiro atoms. The summed E-state index contributed by atoms with van der Waals surface area (Å²) in [6.07, 6.45) is 0.150. The molecule has 0 N–H and O–H groups in total. The minimum atomic E-state index is -0.676. The number of hydrogen-bond acceptors (Lipinski definition) is 3. The SMILES string of the molecule is CCOCCn1c(=NC(=O)Cc2ccccc2)sc2cc(F)cc(F)c21. The van der Waals surface area contributed by atoms with Crippen LogP contribution < -0.4 is 4.80 Å². The third-order valence-corrected chi connectivity index (χ3v) is 4.80. The Labute approximate surface area is 153 Å². The average molecular weight is 376 g/mol. The predicted molar refractivity (Wildman–Crippen MR) is 96.9 cm³/mol. The van der Waals surface area contributed by atoms with Crippen LogP contribution >= 0.6 is 11.3 Å². The average Bonchev–Trinajstić information content (AvgIpc) is 2.93. The molecule has 0 atom stereocenters. The van der Waals surface area contributed by atoms with Gasteiger partial charge in [0.05, 0.1) is 23.2 Å². The zero-order valence-corrected chi connectivity index (χ0v) is 15.1. The van der Waals surface area contributed by atoms with Crippen LogP contribution in [0.3, 0.4) is 0 Å². The summed E-state index contributed by atoms with van der Waals surface area (Å²) in [5.41, 5.74) is 1.09. The van der Waals surface area contributed by atoms with Gasteiger partial charge in [-0.3, -0.25) is 4.79 Å². The lowest BCUT2D eigenvalue weighted by Crippen LogP contribution is -2.20. The molecule has 1 heterocycles. The molecule has 136 valence electrons. The van der Waals surface area contributed by atoms with Crippen LogP contribution in [0.25, 0.3) is 10.2 Å². The van der Waals surface area contributed by atoms with E-state index in [-0.39, 0.29) is 17.8 Å². The van der Waals surface area contributed by atoms with E-state index in [4.69, 9.17) is 4.74 Å². The van der Waals surface area contributed by atoms with Crippen molar-refractivity contribution in [3.05, 3.63) is 64.5 Å². The first-order chi connectivity index (χ1) is 12.6. The van der Waals surface area contributed by atoms with Crippen LogP contribution in [0.4, 0.5) is 8.78 Å². The number of fused-ring (bicyclic) bond motifs is 1. The smallest absolute Gasteiger partial charge is 0.252 e. The number of carbonyl (C=O) groups excluding carboxylic acids is 1. The number of aromatic nitrogens is 1. The van der Waals surface area contributed by atoms with Gasteiger partial charge < -0.3 is 9.30 Å². The van der Waals surface area contributed by atoms with Crippen molar-refractivity contribution < 1.29 is 18.3 Å². The van der Waals surface area contributed by atoms with Crippen LogP contribution in [0, 0.1) is 11.6 Å². The number of thiazole rings is 1. The van der Waals surface area contributed by atoms with E-state index in [1.807, 2.05) is 37.3 Å². The summed E-state index contributed by atoms with van der Waals surface area (Å²) in [7, 11) is 0. The molecule has 4 nitrogen and oxygen atoms in total. The molecule has 0 saturated carbocycles. The van der Waals surface area contributed by atoms with Gasteiger partial charge in [-0.15, -0.1) is 0 Å². The van der Waals surface area contributed by atoms with E-state index in [0.717, 1.165) is 23.0 Å². The zero-order chi connectivity index (χ0) is 18.5. The first kappa shape index (κ1) is 18.4. The molecule has 3 aromatic rings. The summed E-state index contributed by atoms with van der Waals surface area (Å²) < 4.78 is 35.1. The Balaban J connectivity index is 2.01. The maximum atomic E-state index is 14.3. The van der Waals surface area contributed by atoms with Gasteiger partial charge in [0.2, 0.25) is 0 Å². The van der Waals surface area contributed by atoms with E-state index < -0.39 is 11.6 Å². The molecule has 2 aromatic carbocycles. The van der Waals surface area contributed by atoms with Gasteiger partial charge in [-0.2, -0.15) is 4.99 Å². The molecule has 26 heavy (non-hydrogen) atoms. The molecule has 0 saturated heterocycles. The molecule has 7 heteroatoms. The Morgan fingerprint density at radius 1 is 1.23 bits per heavy atom. The molecule has 0 unspecified atom stereocenters. The minimum absolute atomic E-state index is 0.150. The van der Waals surface area contributed by atoms with E-state index in [2.05, 4.69) is 4.99 Å². The van der Waals surface area contributed by atoms with E-state index in [1.54, 1.807) is 4.57 Å². The van der Waals surface area contributed by atoms with E-state index in [9.17, 15) is 13.6 Å². The molecule has 0 aliphatic carbocycles. The summed E-state index contributed by atoms with van der Waals surface area (Å²) in [4.78, 5) is 16.8. The van der Waals surface area contributed by atoms with Crippen LogP contribution in [0.15, 0.2) is 47.5 Å². The molecule has 0 bridgehead atoms. The largest absolute Gasteiger partial charge is 0.380 e. The van der Waals surface area contributed by atoms with Crippen molar-refractivity contribution in [1.82, 2.24) is 4.57 Å². The number of nitrogens with zero attached hydrogens (tertiary/aromatic N) is 2. The monoisotopic (exact) mass is 376 g/mol. The number of benzene rings is 2. The van der Waals surface area contributed by atoms with Crippen LogP contribution in [0.1, 0.15) is 12.5 Å². The van der Waals surface area contributed by atoms with E-state index in [0.29, 0.717) is 29.3 Å². The third kappa shape index (κ3) is 4.23. The molecule has 3 rings (SSSR count). The molecule has 0 fully saturated rings. The number of hydrogen-bond donors (Lipinski definition) is 0. The predicted octanol–water partition coefficient (Wildman–Crippen LogP) is 3.69. The third-order valence-electron chi connectivity index (χ3n) is 3.78. The van der Waals surface area contributed by atoms with Crippen molar-refractivity contribution in [3.8, 4) is 0 Å². The summed E-state index contributed by atoms with van der Waals surface area (Å²) in [6.45, 7) is 3.06. The molecule has 1 amide bonds. The van der Waals surface area contributed by atoms with Gasteiger partial charge in [0.1, 0.15) is 5.82 Å². The highest BCUT2D eigenvalue weighted by atomic mass is 32.1. The number of carbonyl (C=O) groups is 1. The minimum Gasteiger partial charge on any atom is -0.380 e. The Morgan fingerprint density at radius 2 is 2.00 bits per heavy atom. The highest BCUT2D eigenvalue weighted by molar-refractivity contribution is 7.16.